The van der Waals surface area contributed by atoms with E-state index in [2.05, 4.69) is 19.9 Å². The molecule has 1 rings (SSSR count). The van der Waals surface area contributed by atoms with E-state index in [1.165, 1.54) is 5.57 Å². The molecule has 1 heteroatoms. The molecule has 0 aliphatic heterocycles. The van der Waals surface area contributed by atoms with Crippen molar-refractivity contribution in [3.05, 3.63) is 23.3 Å². The summed E-state index contributed by atoms with van der Waals surface area (Å²) in [5.41, 5.74) is 2.49. The third-order valence-electron chi connectivity index (χ3n) is 1.99. The van der Waals surface area contributed by atoms with Gasteiger partial charge in [0.15, 0.2) is 0 Å². The molecular weight excluding hydrogens is 136 g/mol. The molecule has 0 saturated carbocycles. The zero-order chi connectivity index (χ0) is 8.65. The van der Waals surface area contributed by atoms with Crippen LogP contribution in [0.5, 0.6) is 0 Å². The van der Waals surface area contributed by atoms with Crippen molar-refractivity contribution in [3.8, 4) is 0 Å². The molecular formula is C10H16O. The number of hydrogen-bond acceptors (Lipinski definition) is 1. The van der Waals surface area contributed by atoms with Crippen molar-refractivity contribution in [3.63, 3.8) is 0 Å². The second-order valence-electron chi connectivity index (χ2n) is 4.01. The molecule has 0 radical (unpaired) electrons. The van der Waals surface area contributed by atoms with E-state index in [9.17, 15) is 5.11 Å². The van der Waals surface area contributed by atoms with Gasteiger partial charge in [0, 0.05) is 5.41 Å². The largest absolute Gasteiger partial charge is 0.385 e. The van der Waals surface area contributed by atoms with E-state index in [1.54, 1.807) is 0 Å². The van der Waals surface area contributed by atoms with Gasteiger partial charge in [0.05, 0.1) is 6.10 Å². The molecule has 1 N–H and O–H groups in total. The van der Waals surface area contributed by atoms with Crippen LogP contribution >= 0.6 is 0 Å². The lowest BCUT2D eigenvalue weighted by Gasteiger charge is -2.07. The Hall–Kier alpha value is -0.560. The Kier molecular flexibility index (Phi) is 1.93. The van der Waals surface area contributed by atoms with E-state index < -0.39 is 0 Å². The molecule has 0 spiro atoms. The molecule has 0 fully saturated rings. The van der Waals surface area contributed by atoms with Crippen LogP contribution in [0.4, 0.5) is 0 Å². The summed E-state index contributed by atoms with van der Waals surface area (Å²) in [7, 11) is 0. The maximum atomic E-state index is 9.55. The fraction of sp³-hybridized carbons (Fsp3) is 0.600. The van der Waals surface area contributed by atoms with Crippen LogP contribution in [0.15, 0.2) is 23.3 Å². The molecule has 1 nitrogen and oxygen atoms in total. The van der Waals surface area contributed by atoms with Crippen molar-refractivity contribution in [1.82, 2.24) is 0 Å². The van der Waals surface area contributed by atoms with Gasteiger partial charge >= 0.3 is 0 Å². The van der Waals surface area contributed by atoms with Crippen molar-refractivity contribution in [2.45, 2.75) is 33.8 Å². The molecule has 11 heavy (non-hydrogen) atoms. The summed E-state index contributed by atoms with van der Waals surface area (Å²) in [6.45, 7) is 8.23. The maximum Gasteiger partial charge on any atom is 0.0942 e. The SMILES string of the molecule is CC(C)=CC(O)C1=CC1(C)C. The number of hydrogen-bond donors (Lipinski definition) is 1. The van der Waals surface area contributed by atoms with Gasteiger partial charge < -0.3 is 5.11 Å². The highest BCUT2D eigenvalue weighted by atomic mass is 16.3. The predicted octanol–water partition coefficient (Wildman–Crippen LogP) is 2.28. The maximum absolute atomic E-state index is 9.55. The molecule has 0 heterocycles. The summed E-state index contributed by atoms with van der Waals surface area (Å²) in [5.74, 6) is 0. The molecule has 62 valence electrons. The monoisotopic (exact) mass is 152 g/mol. The zero-order valence-corrected chi connectivity index (χ0v) is 7.68. The van der Waals surface area contributed by atoms with E-state index in [1.807, 2.05) is 19.9 Å². The predicted molar refractivity (Wildman–Crippen MR) is 47.3 cm³/mol. The second kappa shape index (κ2) is 2.49. The van der Waals surface area contributed by atoms with Gasteiger partial charge in [-0.3, -0.25) is 0 Å². The third-order valence-corrected chi connectivity index (χ3v) is 1.99. The van der Waals surface area contributed by atoms with Gasteiger partial charge in [0.25, 0.3) is 0 Å². The lowest BCUT2D eigenvalue weighted by atomic mass is 10.0. The highest BCUT2D eigenvalue weighted by Crippen LogP contribution is 2.45. The van der Waals surface area contributed by atoms with Crippen LogP contribution in [0, 0.1) is 5.41 Å². The summed E-state index contributed by atoms with van der Waals surface area (Å²) < 4.78 is 0. The van der Waals surface area contributed by atoms with Gasteiger partial charge in [-0.1, -0.05) is 31.6 Å². The molecule has 0 saturated heterocycles. The van der Waals surface area contributed by atoms with Gasteiger partial charge in [0.1, 0.15) is 0 Å². The Morgan fingerprint density at radius 2 is 2.00 bits per heavy atom. The molecule has 1 atom stereocenters. The van der Waals surface area contributed by atoms with Crippen LogP contribution in [0.1, 0.15) is 27.7 Å². The molecule has 0 aromatic rings. The van der Waals surface area contributed by atoms with Crippen LogP contribution in [0.2, 0.25) is 0 Å². The van der Waals surface area contributed by atoms with Gasteiger partial charge in [-0.2, -0.15) is 0 Å². The van der Waals surface area contributed by atoms with Gasteiger partial charge in [0.2, 0.25) is 0 Å². The van der Waals surface area contributed by atoms with Gasteiger partial charge in [-0.05, 0) is 19.4 Å². The third kappa shape index (κ3) is 1.93. The normalized spacial score (nSPS) is 22.1. The van der Waals surface area contributed by atoms with Crippen LogP contribution in [-0.2, 0) is 0 Å². The minimum absolute atomic E-state index is 0.172. The van der Waals surface area contributed by atoms with Crippen molar-refractivity contribution >= 4 is 0 Å². The Labute approximate surface area is 68.4 Å². The lowest BCUT2D eigenvalue weighted by Crippen LogP contribution is -2.06. The molecule has 0 aromatic heterocycles. The first-order chi connectivity index (χ1) is 4.93. The van der Waals surface area contributed by atoms with Crippen LogP contribution in [-0.4, -0.2) is 11.2 Å². The standard InChI is InChI=1S/C10H16O/c1-7(2)5-9(11)8-6-10(8,3)4/h5-6,9,11H,1-4H3. The molecule has 1 aliphatic rings. The summed E-state index contributed by atoms with van der Waals surface area (Å²) in [6, 6.07) is 0. The van der Waals surface area contributed by atoms with Crippen molar-refractivity contribution < 1.29 is 5.11 Å². The average molecular weight is 152 g/mol. The first-order valence-corrected chi connectivity index (χ1v) is 4.00. The van der Waals surface area contributed by atoms with Gasteiger partial charge in [-0.25, -0.2) is 0 Å². The van der Waals surface area contributed by atoms with Crippen molar-refractivity contribution in [1.29, 1.82) is 0 Å². The fourth-order valence-electron chi connectivity index (χ4n) is 1.22. The van der Waals surface area contributed by atoms with Crippen molar-refractivity contribution in [2.24, 2.45) is 5.41 Å². The summed E-state index contributed by atoms with van der Waals surface area (Å²) in [4.78, 5) is 0. The van der Waals surface area contributed by atoms with E-state index >= 15 is 0 Å². The Balaban J connectivity index is 2.53. The first-order valence-electron chi connectivity index (χ1n) is 4.00. The quantitative estimate of drug-likeness (QED) is 0.602. The average Bonchev–Trinajstić information content (AvgIpc) is 2.38. The highest BCUT2D eigenvalue weighted by Gasteiger charge is 2.37. The van der Waals surface area contributed by atoms with E-state index in [-0.39, 0.29) is 11.5 Å². The minimum Gasteiger partial charge on any atom is -0.385 e. The van der Waals surface area contributed by atoms with Gasteiger partial charge in [-0.15, -0.1) is 0 Å². The van der Waals surface area contributed by atoms with Crippen LogP contribution in [0.25, 0.3) is 0 Å². The first kappa shape index (κ1) is 8.54. The van der Waals surface area contributed by atoms with E-state index in [0.717, 1.165) is 5.57 Å². The van der Waals surface area contributed by atoms with Crippen LogP contribution < -0.4 is 0 Å². The summed E-state index contributed by atoms with van der Waals surface area (Å²) in [5, 5.41) is 9.55. The lowest BCUT2D eigenvalue weighted by molar-refractivity contribution is 0.253. The number of rotatable bonds is 2. The smallest absolute Gasteiger partial charge is 0.0942 e. The molecule has 0 aromatic carbocycles. The second-order valence-corrected chi connectivity index (χ2v) is 4.01. The zero-order valence-electron chi connectivity index (χ0n) is 7.68. The Bertz CT molecular complexity index is 217. The van der Waals surface area contributed by atoms with Crippen molar-refractivity contribution in [2.75, 3.05) is 0 Å². The van der Waals surface area contributed by atoms with E-state index in [0.29, 0.717) is 0 Å². The molecule has 1 unspecified atom stereocenters. The molecule has 0 bridgehead atoms. The molecule has 1 aliphatic carbocycles. The number of aliphatic hydroxyl groups is 1. The molecule has 0 amide bonds. The Morgan fingerprint density at radius 3 is 2.27 bits per heavy atom. The number of allylic oxidation sites excluding steroid dienone is 2. The minimum atomic E-state index is -0.352. The summed E-state index contributed by atoms with van der Waals surface area (Å²) >= 11 is 0. The fourth-order valence-corrected chi connectivity index (χ4v) is 1.22. The number of aliphatic hydroxyl groups excluding tert-OH is 1. The highest BCUT2D eigenvalue weighted by molar-refractivity contribution is 5.41. The summed E-state index contributed by atoms with van der Waals surface area (Å²) in [6.07, 6.45) is 3.65. The Morgan fingerprint density at radius 1 is 1.55 bits per heavy atom. The topological polar surface area (TPSA) is 20.2 Å². The van der Waals surface area contributed by atoms with Crippen LogP contribution in [0.3, 0.4) is 0 Å². The van der Waals surface area contributed by atoms with E-state index in [4.69, 9.17) is 0 Å².